The predicted molar refractivity (Wildman–Crippen MR) is 188 cm³/mol. The number of anilines is 1. The van der Waals surface area contributed by atoms with E-state index in [-0.39, 0.29) is 45.5 Å². The van der Waals surface area contributed by atoms with E-state index in [4.69, 9.17) is 23.2 Å². The highest BCUT2D eigenvalue weighted by atomic mass is 35.5. The Balaban J connectivity index is 1.58. The molecule has 0 spiro atoms. The van der Waals surface area contributed by atoms with Crippen molar-refractivity contribution in [2.75, 3.05) is 10.8 Å². The minimum Gasteiger partial charge on any atom is -0.352 e. The molecule has 0 bridgehead atoms. The number of nitrogens with one attached hydrogen (secondary N) is 1. The molecule has 0 unspecified atom stereocenters. The van der Waals surface area contributed by atoms with Crippen molar-refractivity contribution >= 4 is 50.7 Å². The minimum atomic E-state index is -4.30. The van der Waals surface area contributed by atoms with Gasteiger partial charge in [-0.15, -0.1) is 0 Å². The fourth-order valence-electron chi connectivity index (χ4n) is 5.85. The average Bonchev–Trinajstić information content (AvgIpc) is 3.57. The van der Waals surface area contributed by atoms with Gasteiger partial charge in [0.2, 0.25) is 11.8 Å². The van der Waals surface area contributed by atoms with Crippen LogP contribution in [0.2, 0.25) is 10.0 Å². The van der Waals surface area contributed by atoms with Crippen LogP contribution in [0.25, 0.3) is 0 Å². The highest BCUT2D eigenvalue weighted by molar-refractivity contribution is 7.92. The minimum absolute atomic E-state index is 0.00236. The van der Waals surface area contributed by atoms with Gasteiger partial charge in [-0.2, -0.15) is 0 Å². The summed E-state index contributed by atoms with van der Waals surface area (Å²) in [5, 5.41) is 3.34. The van der Waals surface area contributed by atoms with Gasteiger partial charge in [0, 0.05) is 19.0 Å². The molecule has 2 amide bonds. The van der Waals surface area contributed by atoms with Gasteiger partial charge < -0.3 is 10.2 Å². The third-order valence-corrected chi connectivity index (χ3v) is 11.1. The number of nitrogens with zero attached hydrogens (tertiary/aromatic N) is 2. The Bertz CT molecular complexity index is 1790. The Labute approximate surface area is 287 Å². The Morgan fingerprint density at radius 2 is 1.43 bits per heavy atom. The van der Waals surface area contributed by atoms with Crippen LogP contribution >= 0.6 is 23.2 Å². The zero-order valence-electron chi connectivity index (χ0n) is 26.5. The van der Waals surface area contributed by atoms with Gasteiger partial charge in [-0.3, -0.25) is 13.9 Å². The summed E-state index contributed by atoms with van der Waals surface area (Å²) in [4.78, 5) is 30.3. The molecule has 0 aliphatic heterocycles. The van der Waals surface area contributed by atoms with Crippen molar-refractivity contribution in [1.82, 2.24) is 10.2 Å². The molecule has 4 aromatic rings. The fraction of sp³-hybridized carbons (Fsp3) is 0.297. The molecule has 1 atom stereocenters. The molecular weight excluding hydrogens is 653 g/mol. The van der Waals surface area contributed by atoms with E-state index in [9.17, 15) is 18.0 Å². The summed E-state index contributed by atoms with van der Waals surface area (Å²) in [5.41, 5.74) is 3.69. The molecule has 4 aromatic carbocycles. The second kappa shape index (κ2) is 15.4. The highest BCUT2D eigenvalue weighted by Crippen LogP contribution is 2.36. The summed E-state index contributed by atoms with van der Waals surface area (Å²) in [6, 6.07) is 27.4. The maximum absolute atomic E-state index is 14.7. The molecule has 7 nitrogen and oxygen atoms in total. The van der Waals surface area contributed by atoms with Crippen LogP contribution in [0.15, 0.2) is 102 Å². The summed E-state index contributed by atoms with van der Waals surface area (Å²) in [6.07, 6.45) is 4.08. The predicted octanol–water partition coefficient (Wildman–Crippen LogP) is 7.50. The SMILES string of the molecule is Cc1ccc(CN(C(=O)CN(c2cccc(Cl)c2Cl)S(=O)(=O)c2ccc(C)cc2)[C@H](Cc2ccccc2)C(=O)NC2CCCC2)cc1. The zero-order valence-corrected chi connectivity index (χ0v) is 28.9. The van der Waals surface area contributed by atoms with Crippen LogP contribution in [-0.2, 0) is 32.6 Å². The number of hydrogen-bond acceptors (Lipinski definition) is 4. The molecule has 1 aliphatic rings. The van der Waals surface area contributed by atoms with Crippen LogP contribution in [0.3, 0.4) is 0 Å². The van der Waals surface area contributed by atoms with E-state index in [2.05, 4.69) is 5.32 Å². The molecule has 47 heavy (non-hydrogen) atoms. The summed E-state index contributed by atoms with van der Waals surface area (Å²) in [6.45, 7) is 3.32. The molecular formula is C37H39Cl2N3O4S. The van der Waals surface area contributed by atoms with Crippen LogP contribution in [0.1, 0.15) is 47.9 Å². The number of benzene rings is 4. The maximum Gasteiger partial charge on any atom is 0.264 e. The van der Waals surface area contributed by atoms with Crippen molar-refractivity contribution in [2.24, 2.45) is 0 Å². The van der Waals surface area contributed by atoms with Crippen LogP contribution in [-0.4, -0.2) is 43.8 Å². The first-order valence-electron chi connectivity index (χ1n) is 15.8. The number of hydrogen-bond donors (Lipinski definition) is 1. The van der Waals surface area contributed by atoms with Gasteiger partial charge in [-0.05, 0) is 62.1 Å². The van der Waals surface area contributed by atoms with Gasteiger partial charge in [0.25, 0.3) is 10.0 Å². The van der Waals surface area contributed by atoms with Crippen molar-refractivity contribution in [1.29, 1.82) is 0 Å². The fourth-order valence-corrected chi connectivity index (χ4v) is 7.72. The smallest absolute Gasteiger partial charge is 0.264 e. The molecule has 246 valence electrons. The Kier molecular flexibility index (Phi) is 11.3. The second-order valence-corrected chi connectivity index (χ2v) is 14.7. The second-order valence-electron chi connectivity index (χ2n) is 12.1. The van der Waals surface area contributed by atoms with E-state index < -0.39 is 28.5 Å². The lowest BCUT2D eigenvalue weighted by molar-refractivity contribution is -0.140. The quantitative estimate of drug-likeness (QED) is 0.167. The Morgan fingerprint density at radius 3 is 2.06 bits per heavy atom. The van der Waals surface area contributed by atoms with E-state index in [1.54, 1.807) is 24.3 Å². The van der Waals surface area contributed by atoms with Gasteiger partial charge >= 0.3 is 0 Å². The first-order valence-corrected chi connectivity index (χ1v) is 18.0. The highest BCUT2D eigenvalue weighted by Gasteiger charge is 2.36. The molecule has 5 rings (SSSR count). The number of amides is 2. The maximum atomic E-state index is 14.7. The van der Waals surface area contributed by atoms with Crippen LogP contribution in [0.5, 0.6) is 0 Å². The monoisotopic (exact) mass is 691 g/mol. The molecule has 0 radical (unpaired) electrons. The van der Waals surface area contributed by atoms with Crippen molar-refractivity contribution in [3.8, 4) is 0 Å². The van der Waals surface area contributed by atoms with E-state index >= 15 is 0 Å². The van der Waals surface area contributed by atoms with E-state index in [1.165, 1.54) is 23.1 Å². The summed E-state index contributed by atoms with van der Waals surface area (Å²) < 4.78 is 29.5. The molecule has 1 aliphatic carbocycles. The van der Waals surface area contributed by atoms with Gasteiger partial charge in [-0.25, -0.2) is 8.42 Å². The number of halogens is 2. The largest absolute Gasteiger partial charge is 0.352 e. The average molecular weight is 693 g/mol. The summed E-state index contributed by atoms with van der Waals surface area (Å²) in [7, 11) is -4.30. The lowest BCUT2D eigenvalue weighted by Gasteiger charge is -2.34. The number of carbonyl (C=O) groups is 2. The zero-order chi connectivity index (χ0) is 33.6. The number of carbonyl (C=O) groups excluding carboxylic acids is 2. The molecule has 0 saturated heterocycles. The first-order chi connectivity index (χ1) is 22.5. The van der Waals surface area contributed by atoms with Gasteiger partial charge in [0.15, 0.2) is 0 Å². The summed E-state index contributed by atoms with van der Waals surface area (Å²) in [5.74, 6) is -0.824. The lowest BCUT2D eigenvalue weighted by Crippen LogP contribution is -2.54. The molecule has 10 heteroatoms. The van der Waals surface area contributed by atoms with Crippen molar-refractivity contribution in [3.05, 3.63) is 129 Å². The van der Waals surface area contributed by atoms with Gasteiger partial charge in [-0.1, -0.05) is 120 Å². The third kappa shape index (κ3) is 8.55. The van der Waals surface area contributed by atoms with E-state index in [0.29, 0.717) is 0 Å². The molecule has 0 aromatic heterocycles. The van der Waals surface area contributed by atoms with E-state index in [0.717, 1.165) is 52.2 Å². The van der Waals surface area contributed by atoms with Crippen LogP contribution in [0, 0.1) is 13.8 Å². The summed E-state index contributed by atoms with van der Waals surface area (Å²) >= 11 is 13.0. The van der Waals surface area contributed by atoms with E-state index in [1.807, 2.05) is 68.4 Å². The lowest BCUT2D eigenvalue weighted by atomic mass is 10.0. The third-order valence-electron chi connectivity index (χ3n) is 8.53. The number of sulfonamides is 1. The molecule has 0 heterocycles. The van der Waals surface area contributed by atoms with Gasteiger partial charge in [0.1, 0.15) is 12.6 Å². The van der Waals surface area contributed by atoms with Gasteiger partial charge in [0.05, 0.1) is 20.6 Å². The van der Waals surface area contributed by atoms with Crippen molar-refractivity contribution in [3.63, 3.8) is 0 Å². The first kappa shape index (κ1) is 34.5. The van der Waals surface area contributed by atoms with Crippen molar-refractivity contribution < 1.29 is 18.0 Å². The normalized spacial score (nSPS) is 14.0. The Hall–Kier alpha value is -3.85. The van der Waals surface area contributed by atoms with Crippen LogP contribution in [0.4, 0.5) is 5.69 Å². The standard InChI is InChI=1S/C37H39Cl2N3O4S/c1-26-15-19-29(20-16-26)24-41(34(23-28-9-4-3-5-10-28)37(44)40-30-11-6-7-12-30)35(43)25-42(33-14-8-13-32(38)36(33)39)47(45,46)31-21-17-27(2)18-22-31/h3-5,8-10,13-22,30,34H,6-7,11-12,23-25H2,1-2H3,(H,40,44)/t34-/m1/s1. The molecule has 1 fully saturated rings. The Morgan fingerprint density at radius 1 is 0.809 bits per heavy atom. The number of rotatable bonds is 12. The topological polar surface area (TPSA) is 86.8 Å². The van der Waals surface area contributed by atoms with Crippen LogP contribution < -0.4 is 9.62 Å². The molecule has 1 saturated carbocycles. The van der Waals surface area contributed by atoms with Crippen molar-refractivity contribution in [2.45, 2.75) is 69.5 Å². The number of aryl methyl sites for hydroxylation is 2. The molecule has 1 N–H and O–H groups in total.